The van der Waals surface area contributed by atoms with Crippen LogP contribution in [-0.2, 0) is 9.59 Å². The topological polar surface area (TPSA) is 95.5 Å². The first-order valence-electron chi connectivity index (χ1n) is 5.29. The van der Waals surface area contributed by atoms with E-state index in [0.717, 1.165) is 0 Å². The molecule has 6 heteroatoms. The fraction of sp³-hybridized carbons (Fsp3) is 0.545. The van der Waals surface area contributed by atoms with Gasteiger partial charge in [0.25, 0.3) is 0 Å². The molecule has 0 aromatic carbocycles. The Morgan fingerprint density at radius 2 is 1.88 bits per heavy atom. The third kappa shape index (κ3) is 8.01. The minimum Gasteiger partial charge on any atom is -0.481 e. The molecule has 0 aliphatic carbocycles. The van der Waals surface area contributed by atoms with Crippen LogP contribution >= 0.6 is 0 Å². The molecule has 3 N–H and O–H groups in total. The van der Waals surface area contributed by atoms with Crippen LogP contribution in [0.15, 0.2) is 12.7 Å². The van der Waals surface area contributed by atoms with Gasteiger partial charge in [0.05, 0.1) is 0 Å². The number of nitrogens with one attached hydrogen (secondary N) is 2. The molecule has 0 aliphatic heterocycles. The maximum Gasteiger partial charge on any atom is 0.321 e. The summed E-state index contributed by atoms with van der Waals surface area (Å²) in [5.74, 6) is -1.76. The van der Waals surface area contributed by atoms with Crippen LogP contribution in [0.4, 0.5) is 4.79 Å². The monoisotopic (exact) mass is 242 g/mol. The van der Waals surface area contributed by atoms with E-state index in [2.05, 4.69) is 17.2 Å². The molecule has 2 unspecified atom stereocenters. The van der Waals surface area contributed by atoms with Crippen molar-refractivity contribution >= 4 is 17.9 Å². The van der Waals surface area contributed by atoms with E-state index < -0.39 is 17.9 Å². The second-order valence-corrected chi connectivity index (χ2v) is 3.95. The molecule has 3 amide bonds. The number of carboxylic acids is 1. The van der Waals surface area contributed by atoms with Crippen molar-refractivity contribution in [2.24, 2.45) is 5.92 Å². The molecule has 17 heavy (non-hydrogen) atoms. The van der Waals surface area contributed by atoms with E-state index in [4.69, 9.17) is 5.11 Å². The number of imide groups is 1. The second-order valence-electron chi connectivity index (χ2n) is 3.95. The van der Waals surface area contributed by atoms with Gasteiger partial charge < -0.3 is 10.4 Å². The number of carbonyl (C=O) groups excluding carboxylic acids is 2. The van der Waals surface area contributed by atoms with Crippen molar-refractivity contribution < 1.29 is 19.5 Å². The van der Waals surface area contributed by atoms with Crippen LogP contribution in [0.1, 0.15) is 26.7 Å². The first-order valence-corrected chi connectivity index (χ1v) is 5.29. The molecule has 96 valence electrons. The average molecular weight is 242 g/mol. The maximum atomic E-state index is 11.3. The Balaban J connectivity index is 3.97. The third-order valence-corrected chi connectivity index (χ3v) is 2.02. The summed E-state index contributed by atoms with van der Waals surface area (Å²) in [7, 11) is 0. The van der Waals surface area contributed by atoms with Gasteiger partial charge in [-0.05, 0) is 12.8 Å². The van der Waals surface area contributed by atoms with Crippen LogP contribution in [0, 0.1) is 5.92 Å². The summed E-state index contributed by atoms with van der Waals surface area (Å²) in [6, 6.07) is -0.843. The fourth-order valence-electron chi connectivity index (χ4n) is 1.17. The Hall–Kier alpha value is -1.85. The number of carboxylic acid groups (broad SMARTS) is 1. The fourth-order valence-corrected chi connectivity index (χ4v) is 1.17. The molecular weight excluding hydrogens is 224 g/mol. The zero-order valence-electron chi connectivity index (χ0n) is 10.0. The second kappa shape index (κ2) is 7.43. The summed E-state index contributed by atoms with van der Waals surface area (Å²) in [6.07, 6.45) is 1.43. The Bertz CT molecular complexity index is 315. The summed E-state index contributed by atoms with van der Waals surface area (Å²) in [5, 5.41) is 13.1. The summed E-state index contributed by atoms with van der Waals surface area (Å²) < 4.78 is 0. The van der Waals surface area contributed by atoms with Gasteiger partial charge in [-0.15, -0.1) is 6.58 Å². The van der Waals surface area contributed by atoms with Gasteiger partial charge in [0, 0.05) is 18.9 Å². The quantitative estimate of drug-likeness (QED) is 0.603. The smallest absolute Gasteiger partial charge is 0.321 e. The largest absolute Gasteiger partial charge is 0.481 e. The molecular formula is C11H18N2O4. The Morgan fingerprint density at radius 3 is 2.35 bits per heavy atom. The Kier molecular flexibility index (Phi) is 6.62. The molecule has 0 radical (unpaired) electrons. The van der Waals surface area contributed by atoms with Crippen molar-refractivity contribution in [3.63, 3.8) is 0 Å². The highest BCUT2D eigenvalue weighted by molar-refractivity contribution is 5.94. The van der Waals surface area contributed by atoms with Crippen LogP contribution in [0.5, 0.6) is 0 Å². The molecule has 0 fully saturated rings. The van der Waals surface area contributed by atoms with Crippen molar-refractivity contribution in [2.75, 3.05) is 0 Å². The van der Waals surface area contributed by atoms with E-state index in [0.29, 0.717) is 0 Å². The first kappa shape index (κ1) is 15.2. The Labute approximate surface area is 100 Å². The molecule has 0 aromatic rings. The lowest BCUT2D eigenvalue weighted by atomic mass is 10.0. The van der Waals surface area contributed by atoms with Gasteiger partial charge in [-0.3, -0.25) is 14.9 Å². The average Bonchev–Trinajstić information content (AvgIpc) is 2.14. The summed E-state index contributed by atoms with van der Waals surface area (Å²) in [4.78, 5) is 32.9. The van der Waals surface area contributed by atoms with Crippen LogP contribution in [-0.4, -0.2) is 29.1 Å². The van der Waals surface area contributed by atoms with Crippen LogP contribution in [0.2, 0.25) is 0 Å². The molecule has 0 heterocycles. The molecule has 2 atom stereocenters. The molecule has 0 saturated heterocycles. The lowest BCUT2D eigenvalue weighted by Crippen LogP contribution is -2.43. The highest BCUT2D eigenvalue weighted by Crippen LogP contribution is 2.06. The number of hydrogen-bond acceptors (Lipinski definition) is 3. The molecule has 0 aliphatic rings. The van der Waals surface area contributed by atoms with E-state index in [-0.39, 0.29) is 24.8 Å². The van der Waals surface area contributed by atoms with Crippen molar-refractivity contribution in [1.82, 2.24) is 10.6 Å². The van der Waals surface area contributed by atoms with Gasteiger partial charge in [-0.25, -0.2) is 4.79 Å². The van der Waals surface area contributed by atoms with Crippen molar-refractivity contribution in [2.45, 2.75) is 32.7 Å². The van der Waals surface area contributed by atoms with Gasteiger partial charge in [0.1, 0.15) is 0 Å². The maximum absolute atomic E-state index is 11.3. The number of hydrogen-bond donors (Lipinski definition) is 3. The van der Waals surface area contributed by atoms with E-state index in [1.165, 1.54) is 6.08 Å². The molecule has 0 saturated carbocycles. The molecule has 6 nitrogen and oxygen atoms in total. The van der Waals surface area contributed by atoms with Crippen molar-refractivity contribution in [3.8, 4) is 0 Å². The molecule has 0 bridgehead atoms. The van der Waals surface area contributed by atoms with Gasteiger partial charge in [0.15, 0.2) is 0 Å². The SMILES string of the molecule is C=CC(C)NC(=O)NC(=O)CC(C)CC(=O)O. The Morgan fingerprint density at radius 1 is 1.29 bits per heavy atom. The van der Waals surface area contributed by atoms with E-state index >= 15 is 0 Å². The van der Waals surface area contributed by atoms with E-state index in [1.807, 2.05) is 0 Å². The van der Waals surface area contributed by atoms with Gasteiger partial charge in [0.2, 0.25) is 5.91 Å². The van der Waals surface area contributed by atoms with Crippen LogP contribution in [0.3, 0.4) is 0 Å². The highest BCUT2D eigenvalue weighted by atomic mass is 16.4. The zero-order valence-corrected chi connectivity index (χ0v) is 10.0. The lowest BCUT2D eigenvalue weighted by molar-refractivity contribution is -0.138. The first-order chi connectivity index (χ1) is 7.85. The third-order valence-electron chi connectivity index (χ3n) is 2.02. The predicted molar refractivity (Wildman–Crippen MR) is 62.4 cm³/mol. The molecule has 0 spiro atoms. The predicted octanol–water partition coefficient (Wildman–Crippen LogP) is 0.888. The minimum absolute atomic E-state index is 0.00217. The number of rotatable bonds is 6. The van der Waals surface area contributed by atoms with Gasteiger partial charge >= 0.3 is 12.0 Å². The summed E-state index contributed by atoms with van der Waals surface area (Å²) in [6.45, 7) is 6.83. The van der Waals surface area contributed by atoms with Crippen LogP contribution in [0.25, 0.3) is 0 Å². The number of aliphatic carboxylic acids is 1. The van der Waals surface area contributed by atoms with Crippen molar-refractivity contribution in [3.05, 3.63) is 12.7 Å². The van der Waals surface area contributed by atoms with Crippen molar-refractivity contribution in [1.29, 1.82) is 0 Å². The lowest BCUT2D eigenvalue weighted by Gasteiger charge is -2.11. The van der Waals surface area contributed by atoms with E-state index in [9.17, 15) is 14.4 Å². The minimum atomic E-state index is -0.963. The molecule has 0 rings (SSSR count). The highest BCUT2D eigenvalue weighted by Gasteiger charge is 2.14. The van der Waals surface area contributed by atoms with Crippen LogP contribution < -0.4 is 10.6 Å². The molecule has 0 aromatic heterocycles. The standard InChI is InChI=1S/C11H18N2O4/c1-4-8(3)12-11(17)13-9(14)5-7(2)6-10(15)16/h4,7-8H,1,5-6H2,2-3H3,(H,15,16)(H2,12,13,14,17). The van der Waals surface area contributed by atoms with Gasteiger partial charge in [-0.2, -0.15) is 0 Å². The number of amides is 3. The normalized spacial score (nSPS) is 13.3. The summed E-state index contributed by atoms with van der Waals surface area (Å²) >= 11 is 0. The summed E-state index contributed by atoms with van der Waals surface area (Å²) in [5.41, 5.74) is 0. The number of carbonyl (C=O) groups is 3. The number of urea groups is 1. The van der Waals surface area contributed by atoms with Gasteiger partial charge in [-0.1, -0.05) is 13.0 Å². The van der Waals surface area contributed by atoms with E-state index in [1.54, 1.807) is 13.8 Å². The zero-order chi connectivity index (χ0) is 13.4.